The molecule has 3 rings (SSSR count). The average Bonchev–Trinajstić information content (AvgIpc) is 3.23. The first-order chi connectivity index (χ1) is 8.79. The molecule has 4 heteroatoms. The monoisotopic (exact) mass is 238 g/mol. The van der Waals surface area contributed by atoms with Crippen LogP contribution in [0.4, 0.5) is 0 Å². The fraction of sp³-hybridized carbons (Fsp3) is 0.214. The van der Waals surface area contributed by atoms with Crippen LogP contribution in [0, 0.1) is 11.3 Å². The molecule has 1 aromatic heterocycles. The summed E-state index contributed by atoms with van der Waals surface area (Å²) in [4.78, 5) is 8.88. The van der Waals surface area contributed by atoms with Gasteiger partial charge >= 0.3 is 0 Å². The smallest absolute Gasteiger partial charge is 0.0925 e. The molecule has 1 aromatic carbocycles. The molecule has 0 spiro atoms. The van der Waals surface area contributed by atoms with Crippen molar-refractivity contribution in [2.45, 2.75) is 12.8 Å². The zero-order chi connectivity index (χ0) is 12.5. The Morgan fingerprint density at radius 3 is 2.67 bits per heavy atom. The number of rotatable bonds is 3. The summed E-state index contributed by atoms with van der Waals surface area (Å²) in [5, 5.41) is 8.09. The SMILES string of the molecule is N=C(C(=CN)c1cnc2ccccc2n1)C1CC1. The Morgan fingerprint density at radius 1 is 1.28 bits per heavy atom. The van der Waals surface area contributed by atoms with Crippen LogP contribution in [0.5, 0.6) is 0 Å². The number of nitrogens with zero attached hydrogens (tertiary/aromatic N) is 2. The van der Waals surface area contributed by atoms with Gasteiger partial charge in [0, 0.05) is 23.4 Å². The van der Waals surface area contributed by atoms with Crippen molar-refractivity contribution in [1.29, 1.82) is 5.41 Å². The largest absolute Gasteiger partial charge is 0.404 e. The molecule has 0 bridgehead atoms. The quantitative estimate of drug-likeness (QED) is 0.806. The minimum absolute atomic E-state index is 0.355. The summed E-state index contributed by atoms with van der Waals surface area (Å²) in [7, 11) is 0. The van der Waals surface area contributed by atoms with E-state index in [0.717, 1.165) is 23.9 Å². The highest BCUT2D eigenvalue weighted by Crippen LogP contribution is 2.34. The van der Waals surface area contributed by atoms with E-state index in [2.05, 4.69) is 9.97 Å². The topological polar surface area (TPSA) is 75.7 Å². The van der Waals surface area contributed by atoms with Gasteiger partial charge in [-0.3, -0.25) is 4.98 Å². The zero-order valence-electron chi connectivity index (χ0n) is 9.93. The van der Waals surface area contributed by atoms with Crippen molar-refractivity contribution >= 4 is 22.3 Å². The summed E-state index contributed by atoms with van der Waals surface area (Å²) < 4.78 is 0. The molecule has 3 N–H and O–H groups in total. The molecular formula is C14H14N4. The minimum Gasteiger partial charge on any atom is -0.404 e. The van der Waals surface area contributed by atoms with Gasteiger partial charge in [0.25, 0.3) is 0 Å². The molecule has 0 unspecified atom stereocenters. The number of hydrogen-bond acceptors (Lipinski definition) is 4. The Labute approximate surface area is 105 Å². The zero-order valence-corrected chi connectivity index (χ0v) is 9.93. The van der Waals surface area contributed by atoms with Crippen LogP contribution in [0.15, 0.2) is 36.7 Å². The summed E-state index contributed by atoms with van der Waals surface area (Å²) in [6, 6.07) is 7.70. The van der Waals surface area contributed by atoms with Crippen LogP contribution in [0.2, 0.25) is 0 Å². The van der Waals surface area contributed by atoms with Crippen LogP contribution in [0.3, 0.4) is 0 Å². The molecule has 4 nitrogen and oxygen atoms in total. The van der Waals surface area contributed by atoms with E-state index in [4.69, 9.17) is 11.1 Å². The lowest BCUT2D eigenvalue weighted by atomic mass is 10.0. The van der Waals surface area contributed by atoms with E-state index in [0.29, 0.717) is 22.9 Å². The molecule has 0 atom stereocenters. The summed E-state index contributed by atoms with van der Waals surface area (Å²) in [5.41, 5.74) is 9.31. The molecule has 1 fully saturated rings. The average molecular weight is 238 g/mol. The Morgan fingerprint density at radius 2 is 2.00 bits per heavy atom. The number of nitrogens with one attached hydrogen (secondary N) is 1. The molecule has 1 aliphatic carbocycles. The van der Waals surface area contributed by atoms with Crippen LogP contribution in [0.1, 0.15) is 18.5 Å². The van der Waals surface area contributed by atoms with Gasteiger partial charge in [0.05, 0.1) is 22.9 Å². The highest BCUT2D eigenvalue weighted by Gasteiger charge is 2.29. The van der Waals surface area contributed by atoms with Gasteiger partial charge in [0.1, 0.15) is 0 Å². The Balaban J connectivity index is 2.04. The summed E-state index contributed by atoms with van der Waals surface area (Å²) in [5.74, 6) is 0.355. The van der Waals surface area contributed by atoms with Gasteiger partial charge < -0.3 is 11.1 Å². The summed E-state index contributed by atoms with van der Waals surface area (Å²) in [6.45, 7) is 0. The Kier molecular flexibility index (Phi) is 2.55. The standard InChI is InChI=1S/C14H14N4/c15-7-10(14(16)9-5-6-9)13-8-17-11-3-1-2-4-12(11)18-13/h1-4,7-9,16H,5-6,15H2. The highest BCUT2D eigenvalue weighted by molar-refractivity contribution is 6.23. The van der Waals surface area contributed by atoms with Gasteiger partial charge in [-0.15, -0.1) is 0 Å². The first-order valence-corrected chi connectivity index (χ1v) is 6.02. The van der Waals surface area contributed by atoms with E-state index in [-0.39, 0.29) is 0 Å². The number of para-hydroxylation sites is 2. The van der Waals surface area contributed by atoms with Gasteiger partial charge in [-0.1, -0.05) is 12.1 Å². The van der Waals surface area contributed by atoms with Crippen LogP contribution in [0.25, 0.3) is 16.6 Å². The van der Waals surface area contributed by atoms with Crippen LogP contribution in [-0.2, 0) is 0 Å². The molecule has 18 heavy (non-hydrogen) atoms. The maximum Gasteiger partial charge on any atom is 0.0925 e. The van der Waals surface area contributed by atoms with Gasteiger partial charge in [0.2, 0.25) is 0 Å². The van der Waals surface area contributed by atoms with E-state index >= 15 is 0 Å². The van der Waals surface area contributed by atoms with Gasteiger partial charge in [-0.25, -0.2) is 4.98 Å². The number of fused-ring (bicyclic) bond motifs is 1. The highest BCUT2D eigenvalue weighted by atomic mass is 14.8. The second-order valence-electron chi connectivity index (χ2n) is 4.51. The van der Waals surface area contributed by atoms with Crippen molar-refractivity contribution in [2.24, 2.45) is 11.7 Å². The molecule has 0 amide bonds. The van der Waals surface area contributed by atoms with E-state index in [1.165, 1.54) is 6.20 Å². The molecule has 1 saturated carbocycles. The van der Waals surface area contributed by atoms with Crippen molar-refractivity contribution in [3.8, 4) is 0 Å². The summed E-state index contributed by atoms with van der Waals surface area (Å²) >= 11 is 0. The molecule has 2 aromatic rings. The third-order valence-corrected chi connectivity index (χ3v) is 3.17. The summed E-state index contributed by atoms with van der Waals surface area (Å²) in [6.07, 6.45) is 5.33. The molecule has 0 aliphatic heterocycles. The van der Waals surface area contributed by atoms with Crippen LogP contribution >= 0.6 is 0 Å². The first kappa shape index (κ1) is 10.9. The molecular weight excluding hydrogens is 224 g/mol. The van der Waals surface area contributed by atoms with Crippen molar-refractivity contribution < 1.29 is 0 Å². The van der Waals surface area contributed by atoms with Crippen molar-refractivity contribution in [1.82, 2.24) is 9.97 Å². The number of hydrogen-bond donors (Lipinski definition) is 2. The molecule has 1 aliphatic rings. The fourth-order valence-corrected chi connectivity index (χ4v) is 1.99. The van der Waals surface area contributed by atoms with E-state index in [1.807, 2.05) is 24.3 Å². The van der Waals surface area contributed by atoms with Crippen molar-refractivity contribution in [3.63, 3.8) is 0 Å². The molecule has 90 valence electrons. The van der Waals surface area contributed by atoms with Crippen molar-refractivity contribution in [3.05, 3.63) is 42.4 Å². The lowest BCUT2D eigenvalue weighted by molar-refractivity contribution is 1.16. The normalized spacial score (nSPS) is 15.9. The third-order valence-electron chi connectivity index (χ3n) is 3.17. The lowest BCUT2D eigenvalue weighted by Gasteiger charge is -2.07. The second-order valence-corrected chi connectivity index (χ2v) is 4.51. The number of allylic oxidation sites excluding steroid dienone is 1. The maximum absolute atomic E-state index is 8.09. The minimum atomic E-state index is 0.355. The van der Waals surface area contributed by atoms with Crippen LogP contribution < -0.4 is 5.73 Å². The molecule has 0 saturated heterocycles. The number of nitrogens with two attached hydrogens (primary N) is 1. The lowest BCUT2D eigenvalue weighted by Crippen LogP contribution is -2.07. The molecule has 0 radical (unpaired) electrons. The van der Waals surface area contributed by atoms with Gasteiger partial charge in [-0.2, -0.15) is 0 Å². The predicted molar refractivity (Wildman–Crippen MR) is 72.2 cm³/mol. The number of benzene rings is 1. The Bertz CT molecular complexity index is 641. The Hall–Kier alpha value is -2.23. The van der Waals surface area contributed by atoms with Crippen LogP contribution in [-0.4, -0.2) is 15.7 Å². The van der Waals surface area contributed by atoms with Crippen molar-refractivity contribution in [2.75, 3.05) is 0 Å². The predicted octanol–water partition coefficient (Wildman–Crippen LogP) is 2.36. The van der Waals surface area contributed by atoms with E-state index < -0.39 is 0 Å². The van der Waals surface area contributed by atoms with Gasteiger partial charge in [0.15, 0.2) is 0 Å². The number of aromatic nitrogens is 2. The van der Waals surface area contributed by atoms with Gasteiger partial charge in [-0.05, 0) is 25.0 Å². The fourth-order valence-electron chi connectivity index (χ4n) is 1.99. The maximum atomic E-state index is 8.09. The first-order valence-electron chi connectivity index (χ1n) is 6.02. The van der Waals surface area contributed by atoms with E-state index in [1.54, 1.807) is 6.20 Å². The molecule has 1 heterocycles. The van der Waals surface area contributed by atoms with E-state index in [9.17, 15) is 0 Å². The second kappa shape index (κ2) is 4.22. The third kappa shape index (κ3) is 1.86.